The molecule has 2 heterocycles. The quantitative estimate of drug-likeness (QED) is 0.0950. The molecule has 1 aliphatic heterocycles. The van der Waals surface area contributed by atoms with Crippen molar-refractivity contribution in [1.82, 2.24) is 5.16 Å². The molecule has 0 saturated heterocycles. The molecular formula is C40H43N3O8. The number of rotatable bonds is 17. The third kappa shape index (κ3) is 8.15. The highest BCUT2D eigenvalue weighted by atomic mass is 16.5. The Labute approximate surface area is 298 Å². The third-order valence-corrected chi connectivity index (χ3v) is 8.59. The highest BCUT2D eigenvalue weighted by Gasteiger charge is 2.19. The number of benzene rings is 4. The Hall–Kier alpha value is -5.84. The van der Waals surface area contributed by atoms with Crippen molar-refractivity contribution in [1.29, 1.82) is 0 Å². The number of hydrogen-bond donors (Lipinski definition) is 1. The van der Waals surface area contributed by atoms with E-state index >= 15 is 0 Å². The maximum absolute atomic E-state index is 6.16. The van der Waals surface area contributed by atoms with Crippen LogP contribution in [0.25, 0.3) is 22.6 Å². The average molecular weight is 694 g/mol. The molecule has 0 saturated carbocycles. The summed E-state index contributed by atoms with van der Waals surface area (Å²) in [5.74, 6) is 4.85. The van der Waals surface area contributed by atoms with Gasteiger partial charge in [-0.25, -0.2) is 0 Å². The highest BCUT2D eigenvalue weighted by Crippen LogP contribution is 2.42. The van der Waals surface area contributed by atoms with Crippen molar-refractivity contribution in [3.05, 3.63) is 90.0 Å². The first-order chi connectivity index (χ1) is 25.0. The molecule has 4 aromatic carbocycles. The van der Waals surface area contributed by atoms with Gasteiger partial charge in [-0.05, 0) is 74.2 Å². The minimum atomic E-state index is -0.178. The largest absolute Gasteiger partial charge is 0.493 e. The zero-order valence-electron chi connectivity index (χ0n) is 29.6. The Morgan fingerprint density at radius 1 is 0.608 bits per heavy atom. The van der Waals surface area contributed by atoms with Crippen molar-refractivity contribution >= 4 is 11.9 Å². The number of aliphatic imine (C=N–C) groups is 1. The van der Waals surface area contributed by atoms with Gasteiger partial charge in [0.1, 0.15) is 11.9 Å². The van der Waals surface area contributed by atoms with E-state index in [1.165, 1.54) is 0 Å². The van der Waals surface area contributed by atoms with Crippen LogP contribution in [0.1, 0.15) is 43.0 Å². The molecule has 0 bridgehead atoms. The monoisotopic (exact) mass is 693 g/mol. The molecule has 6 rings (SSSR count). The minimum absolute atomic E-state index is 0.178. The lowest BCUT2D eigenvalue weighted by Gasteiger charge is -2.22. The van der Waals surface area contributed by atoms with Gasteiger partial charge >= 0.3 is 0 Å². The summed E-state index contributed by atoms with van der Waals surface area (Å²) in [7, 11) is 8.00. The normalized spacial score (nSPS) is 13.2. The maximum Gasteiger partial charge on any atom is 0.203 e. The molecule has 5 aromatic rings. The average Bonchev–Trinajstić information content (AvgIpc) is 3.68. The SMILES string of the molecule is COc1cc(C2N=Cc3ccccc3N2)ccc1OCCCCCCOc1cc(-c2cc(-c3cc(OC)c(OC)c(OC)c3)no2)ccc1OC. The second kappa shape index (κ2) is 16.7. The Balaban J connectivity index is 0.974. The van der Waals surface area contributed by atoms with Crippen molar-refractivity contribution in [3.63, 3.8) is 0 Å². The molecule has 1 unspecified atom stereocenters. The fraction of sp³-hybridized carbons (Fsp3) is 0.300. The van der Waals surface area contributed by atoms with Crippen LogP contribution in [0.2, 0.25) is 0 Å². The molecule has 0 spiro atoms. The Morgan fingerprint density at radius 2 is 1.27 bits per heavy atom. The highest BCUT2D eigenvalue weighted by molar-refractivity contribution is 5.89. The summed E-state index contributed by atoms with van der Waals surface area (Å²) in [4.78, 5) is 4.66. The van der Waals surface area contributed by atoms with E-state index in [-0.39, 0.29) is 6.17 Å². The molecule has 0 aliphatic carbocycles. The Kier molecular flexibility index (Phi) is 11.5. The number of nitrogens with one attached hydrogen (secondary N) is 1. The molecule has 0 fully saturated rings. The van der Waals surface area contributed by atoms with E-state index in [2.05, 4.69) is 21.5 Å². The zero-order valence-corrected chi connectivity index (χ0v) is 29.6. The third-order valence-electron chi connectivity index (χ3n) is 8.59. The fourth-order valence-corrected chi connectivity index (χ4v) is 5.86. The van der Waals surface area contributed by atoms with Crippen molar-refractivity contribution in [2.75, 3.05) is 54.1 Å². The van der Waals surface area contributed by atoms with E-state index in [1.807, 2.05) is 79.0 Å². The van der Waals surface area contributed by atoms with Crippen LogP contribution in [0.5, 0.6) is 40.2 Å². The number of ether oxygens (including phenoxy) is 7. The smallest absolute Gasteiger partial charge is 0.203 e. The van der Waals surface area contributed by atoms with E-state index in [1.54, 1.807) is 35.5 Å². The van der Waals surface area contributed by atoms with Crippen LogP contribution in [0.4, 0.5) is 5.69 Å². The number of anilines is 1. The summed E-state index contributed by atoms with van der Waals surface area (Å²) >= 11 is 0. The molecule has 1 aromatic heterocycles. The van der Waals surface area contributed by atoms with Crippen LogP contribution < -0.4 is 38.5 Å². The molecule has 1 aliphatic rings. The number of aromatic nitrogens is 1. The van der Waals surface area contributed by atoms with Crippen LogP contribution in [-0.4, -0.2) is 60.1 Å². The van der Waals surface area contributed by atoms with Gasteiger partial charge in [-0.15, -0.1) is 0 Å². The molecular weight excluding hydrogens is 650 g/mol. The van der Waals surface area contributed by atoms with E-state index in [0.717, 1.165) is 59.4 Å². The Bertz CT molecular complexity index is 1930. The number of para-hydroxylation sites is 1. The number of unbranched alkanes of at least 4 members (excludes halogenated alkanes) is 3. The van der Waals surface area contributed by atoms with Crippen LogP contribution in [0.3, 0.4) is 0 Å². The number of methoxy groups -OCH3 is 5. The van der Waals surface area contributed by atoms with Crippen molar-refractivity contribution in [2.45, 2.75) is 31.8 Å². The van der Waals surface area contributed by atoms with E-state index in [0.29, 0.717) is 59.2 Å². The van der Waals surface area contributed by atoms with E-state index < -0.39 is 0 Å². The summed E-state index contributed by atoms with van der Waals surface area (Å²) < 4.78 is 45.6. The topological polar surface area (TPSA) is 115 Å². The number of nitrogens with zero attached hydrogens (tertiary/aromatic N) is 2. The second-order valence-electron chi connectivity index (χ2n) is 11.8. The maximum atomic E-state index is 6.16. The molecule has 1 atom stereocenters. The van der Waals surface area contributed by atoms with E-state index in [4.69, 9.17) is 37.7 Å². The molecule has 11 heteroatoms. The summed E-state index contributed by atoms with van der Waals surface area (Å²) in [6, 6.07) is 25.3. The molecule has 51 heavy (non-hydrogen) atoms. The van der Waals surface area contributed by atoms with Gasteiger partial charge < -0.3 is 43.0 Å². The molecule has 0 radical (unpaired) electrons. The van der Waals surface area contributed by atoms with Gasteiger partial charge in [-0.2, -0.15) is 0 Å². The van der Waals surface area contributed by atoms with Gasteiger partial charge in [-0.3, -0.25) is 4.99 Å². The van der Waals surface area contributed by atoms with Gasteiger partial charge in [0.25, 0.3) is 0 Å². The van der Waals surface area contributed by atoms with Gasteiger partial charge in [-0.1, -0.05) is 29.4 Å². The number of hydrogen-bond acceptors (Lipinski definition) is 11. The van der Waals surface area contributed by atoms with Crippen LogP contribution in [0, 0.1) is 0 Å². The fourth-order valence-electron chi connectivity index (χ4n) is 5.86. The first kappa shape index (κ1) is 35.0. The van der Waals surface area contributed by atoms with Crippen LogP contribution in [0.15, 0.2) is 88.4 Å². The minimum Gasteiger partial charge on any atom is -0.493 e. The predicted octanol–water partition coefficient (Wildman–Crippen LogP) is 8.61. The number of fused-ring (bicyclic) bond motifs is 1. The molecule has 11 nitrogen and oxygen atoms in total. The summed E-state index contributed by atoms with van der Waals surface area (Å²) in [5.41, 5.74) is 5.35. The van der Waals surface area contributed by atoms with Crippen molar-refractivity contribution in [3.8, 4) is 62.8 Å². The summed E-state index contributed by atoms with van der Waals surface area (Å²) in [6.45, 7) is 1.14. The van der Waals surface area contributed by atoms with Gasteiger partial charge in [0.05, 0.1) is 48.8 Å². The lowest BCUT2D eigenvalue weighted by molar-refractivity contribution is 0.271. The standard InChI is InChI=1S/C40H43N3O8/c1-44-32-16-14-26(34-24-31(43-51-34)29-22-37(46-3)39(48-5)38(23-29)47-4)20-36(32)50-19-11-7-6-10-18-49-33-17-15-27(21-35(33)45-2)40-41-25-28-12-8-9-13-30(28)42-40/h8-9,12-17,20-25,40,42H,6-7,10-11,18-19H2,1-5H3. The van der Waals surface area contributed by atoms with Crippen LogP contribution >= 0.6 is 0 Å². The van der Waals surface area contributed by atoms with Gasteiger partial charge in [0, 0.05) is 40.2 Å². The van der Waals surface area contributed by atoms with E-state index in [9.17, 15) is 0 Å². The molecule has 1 N–H and O–H groups in total. The summed E-state index contributed by atoms with van der Waals surface area (Å²) in [6.07, 6.45) is 5.52. The molecule has 266 valence electrons. The predicted molar refractivity (Wildman–Crippen MR) is 196 cm³/mol. The lowest BCUT2D eigenvalue weighted by atomic mass is 10.1. The summed E-state index contributed by atoms with van der Waals surface area (Å²) in [5, 5.41) is 7.76. The Morgan fingerprint density at radius 3 is 1.98 bits per heavy atom. The first-order valence-corrected chi connectivity index (χ1v) is 16.8. The molecule has 0 amide bonds. The second-order valence-corrected chi connectivity index (χ2v) is 11.8. The lowest BCUT2D eigenvalue weighted by Crippen LogP contribution is -2.14. The van der Waals surface area contributed by atoms with Crippen molar-refractivity contribution in [2.24, 2.45) is 4.99 Å². The van der Waals surface area contributed by atoms with Gasteiger partial charge in [0.15, 0.2) is 40.3 Å². The zero-order chi connectivity index (χ0) is 35.6. The van der Waals surface area contributed by atoms with Gasteiger partial charge in [0.2, 0.25) is 5.75 Å². The van der Waals surface area contributed by atoms with Crippen LogP contribution in [-0.2, 0) is 0 Å². The first-order valence-electron chi connectivity index (χ1n) is 16.8. The van der Waals surface area contributed by atoms with Crippen molar-refractivity contribution < 1.29 is 37.7 Å².